The Morgan fingerprint density at radius 1 is 1.09 bits per heavy atom. The van der Waals surface area contributed by atoms with Crippen LogP contribution in [-0.2, 0) is 29.0 Å². The van der Waals surface area contributed by atoms with Gasteiger partial charge in [0.15, 0.2) is 0 Å². The number of anilines is 1. The number of pyridine rings is 1. The Morgan fingerprint density at radius 3 is 2.62 bits per heavy atom. The molecule has 3 aliphatic heterocycles. The van der Waals surface area contributed by atoms with Crippen LogP contribution in [0.3, 0.4) is 0 Å². The molecular formula is C25H31N5O4. The first-order valence-corrected chi connectivity index (χ1v) is 11.9. The predicted octanol–water partition coefficient (Wildman–Crippen LogP) is 1.32. The molecule has 0 bridgehead atoms. The molecule has 1 atom stereocenters. The molecule has 2 fully saturated rings. The second-order valence-electron chi connectivity index (χ2n) is 9.32. The number of aliphatic hydroxyl groups excluding tert-OH is 1. The smallest absolute Gasteiger partial charge is 0.320 e. The van der Waals surface area contributed by atoms with Crippen molar-refractivity contribution in [2.45, 2.75) is 25.6 Å². The van der Waals surface area contributed by atoms with Crippen molar-refractivity contribution < 1.29 is 19.4 Å². The minimum Gasteiger partial charge on any atom is -0.390 e. The number of rotatable bonds is 8. The van der Waals surface area contributed by atoms with E-state index in [9.17, 15) is 14.7 Å². The number of nitrogens with zero attached hydrogens (tertiary/aromatic N) is 4. The maximum Gasteiger partial charge on any atom is 0.320 e. The molecule has 0 unspecified atom stereocenters. The van der Waals surface area contributed by atoms with Crippen molar-refractivity contribution in [3.05, 3.63) is 59.4 Å². The van der Waals surface area contributed by atoms with Crippen LogP contribution in [0.4, 0.5) is 10.5 Å². The number of nitrogens with one attached hydrogen (secondary N) is 1. The quantitative estimate of drug-likeness (QED) is 0.610. The van der Waals surface area contributed by atoms with Gasteiger partial charge in [0.2, 0.25) is 5.91 Å². The highest BCUT2D eigenvalue weighted by Gasteiger charge is 2.31. The third-order valence-electron chi connectivity index (χ3n) is 6.74. The number of urea groups is 1. The third-order valence-corrected chi connectivity index (χ3v) is 6.74. The van der Waals surface area contributed by atoms with Crippen LogP contribution in [0.5, 0.6) is 0 Å². The summed E-state index contributed by atoms with van der Waals surface area (Å²) in [5.41, 5.74) is 4.10. The van der Waals surface area contributed by atoms with Gasteiger partial charge < -0.3 is 25.0 Å². The van der Waals surface area contributed by atoms with Gasteiger partial charge in [-0.05, 0) is 29.7 Å². The van der Waals surface area contributed by atoms with Crippen LogP contribution in [-0.4, -0.2) is 88.8 Å². The SMILES string of the molecule is O=C(Nc1ccc(CN2CCN(C[C@H](O)CN3CCc4ccccc4C3)C2=O)nc1)C1COC1. The Kier molecular flexibility index (Phi) is 6.75. The molecular weight excluding hydrogens is 434 g/mol. The lowest BCUT2D eigenvalue weighted by molar-refractivity contribution is -0.133. The first-order chi connectivity index (χ1) is 16.5. The molecule has 0 saturated carbocycles. The van der Waals surface area contributed by atoms with E-state index in [0.717, 1.165) is 25.2 Å². The number of benzene rings is 1. The highest BCUT2D eigenvalue weighted by atomic mass is 16.5. The summed E-state index contributed by atoms with van der Waals surface area (Å²) in [4.78, 5) is 35.0. The Labute approximate surface area is 199 Å². The molecule has 5 rings (SSSR count). The van der Waals surface area contributed by atoms with Gasteiger partial charge in [0.05, 0.1) is 49.4 Å². The van der Waals surface area contributed by atoms with E-state index in [1.165, 1.54) is 11.1 Å². The van der Waals surface area contributed by atoms with Crippen LogP contribution in [0.25, 0.3) is 0 Å². The molecule has 4 heterocycles. The number of hydrogen-bond donors (Lipinski definition) is 2. The van der Waals surface area contributed by atoms with Crippen LogP contribution >= 0.6 is 0 Å². The second kappa shape index (κ2) is 10.1. The highest BCUT2D eigenvalue weighted by Crippen LogP contribution is 2.20. The second-order valence-corrected chi connectivity index (χ2v) is 9.32. The molecule has 1 aromatic carbocycles. The number of carbonyl (C=O) groups excluding carboxylic acids is 2. The average molecular weight is 466 g/mol. The summed E-state index contributed by atoms with van der Waals surface area (Å²) in [5, 5.41) is 13.5. The van der Waals surface area contributed by atoms with E-state index in [2.05, 4.69) is 39.5 Å². The van der Waals surface area contributed by atoms with Crippen LogP contribution in [0.2, 0.25) is 0 Å². The number of amides is 3. The van der Waals surface area contributed by atoms with E-state index < -0.39 is 6.10 Å². The molecule has 9 nitrogen and oxygen atoms in total. The fourth-order valence-electron chi connectivity index (χ4n) is 4.69. The predicted molar refractivity (Wildman–Crippen MR) is 126 cm³/mol. The van der Waals surface area contributed by atoms with Gasteiger partial charge >= 0.3 is 6.03 Å². The number of aromatic nitrogens is 1. The maximum atomic E-state index is 12.9. The summed E-state index contributed by atoms with van der Waals surface area (Å²) in [6.07, 6.45) is 2.02. The van der Waals surface area contributed by atoms with E-state index in [1.807, 2.05) is 6.07 Å². The van der Waals surface area contributed by atoms with Crippen molar-refractivity contribution in [1.82, 2.24) is 19.7 Å². The lowest BCUT2D eigenvalue weighted by Gasteiger charge is -2.31. The van der Waals surface area contributed by atoms with Crippen molar-refractivity contribution in [3.63, 3.8) is 0 Å². The molecule has 0 radical (unpaired) electrons. The molecule has 34 heavy (non-hydrogen) atoms. The topological polar surface area (TPSA) is 98.2 Å². The minimum atomic E-state index is -0.587. The van der Waals surface area contributed by atoms with Gasteiger partial charge in [-0.1, -0.05) is 24.3 Å². The van der Waals surface area contributed by atoms with E-state index in [1.54, 1.807) is 22.1 Å². The molecule has 2 aromatic rings. The van der Waals surface area contributed by atoms with Gasteiger partial charge in [-0.2, -0.15) is 0 Å². The maximum absolute atomic E-state index is 12.9. The normalized spacial score (nSPS) is 19.6. The fraction of sp³-hybridized carbons (Fsp3) is 0.480. The van der Waals surface area contributed by atoms with E-state index in [0.29, 0.717) is 51.6 Å². The monoisotopic (exact) mass is 465 g/mol. The van der Waals surface area contributed by atoms with E-state index >= 15 is 0 Å². The zero-order chi connectivity index (χ0) is 23.5. The summed E-state index contributed by atoms with van der Waals surface area (Å²) in [6.45, 7) is 5.17. The summed E-state index contributed by atoms with van der Waals surface area (Å²) in [6, 6.07) is 12.0. The first-order valence-electron chi connectivity index (χ1n) is 11.9. The van der Waals surface area contributed by atoms with Crippen molar-refractivity contribution in [2.75, 3.05) is 51.3 Å². The summed E-state index contributed by atoms with van der Waals surface area (Å²) in [7, 11) is 0. The molecule has 180 valence electrons. The van der Waals surface area contributed by atoms with Crippen LogP contribution in [0.1, 0.15) is 16.8 Å². The summed E-state index contributed by atoms with van der Waals surface area (Å²) < 4.78 is 5.04. The Hall–Kier alpha value is -3.01. The highest BCUT2D eigenvalue weighted by molar-refractivity contribution is 5.93. The molecule has 1 aromatic heterocycles. The fourth-order valence-corrected chi connectivity index (χ4v) is 4.69. The van der Waals surface area contributed by atoms with Gasteiger partial charge in [0.25, 0.3) is 0 Å². The lowest BCUT2D eigenvalue weighted by atomic mass is 10.00. The number of carbonyl (C=O) groups is 2. The lowest BCUT2D eigenvalue weighted by Crippen LogP contribution is -2.43. The van der Waals surface area contributed by atoms with Crippen molar-refractivity contribution in [3.8, 4) is 0 Å². The standard InChI is InChI=1S/C25H31N5O4/c31-23(14-28-8-7-18-3-1-2-4-19(18)12-28)15-30-10-9-29(25(30)33)13-22-6-5-21(11-26-22)27-24(32)20-16-34-17-20/h1-6,11,20,23,31H,7-10,12-17H2,(H,27,32)/t23-/m1/s1. The number of aliphatic hydroxyl groups is 1. The van der Waals surface area contributed by atoms with Gasteiger partial charge in [-0.3, -0.25) is 14.7 Å². The van der Waals surface area contributed by atoms with Gasteiger partial charge in [0, 0.05) is 39.3 Å². The van der Waals surface area contributed by atoms with Crippen LogP contribution in [0, 0.1) is 5.92 Å². The number of hydrogen-bond acceptors (Lipinski definition) is 6. The number of ether oxygens (including phenoxy) is 1. The molecule has 9 heteroatoms. The summed E-state index contributed by atoms with van der Waals surface area (Å²) >= 11 is 0. The van der Waals surface area contributed by atoms with Crippen LogP contribution in [0.15, 0.2) is 42.6 Å². The number of β-amino-alcohol motifs (C(OH)–C–C–N with tert-alkyl or cyclic N) is 1. The van der Waals surface area contributed by atoms with Crippen molar-refractivity contribution >= 4 is 17.6 Å². The van der Waals surface area contributed by atoms with E-state index in [-0.39, 0.29) is 17.9 Å². The van der Waals surface area contributed by atoms with E-state index in [4.69, 9.17) is 4.74 Å². The molecule has 2 saturated heterocycles. The first kappa shape index (κ1) is 22.8. The zero-order valence-electron chi connectivity index (χ0n) is 19.2. The largest absolute Gasteiger partial charge is 0.390 e. The molecule has 3 amide bonds. The zero-order valence-corrected chi connectivity index (χ0v) is 19.2. The van der Waals surface area contributed by atoms with Gasteiger partial charge in [-0.25, -0.2) is 4.79 Å². The van der Waals surface area contributed by atoms with Gasteiger partial charge in [-0.15, -0.1) is 0 Å². The molecule has 3 aliphatic rings. The van der Waals surface area contributed by atoms with Crippen molar-refractivity contribution in [1.29, 1.82) is 0 Å². The van der Waals surface area contributed by atoms with Crippen LogP contribution < -0.4 is 5.32 Å². The third kappa shape index (κ3) is 5.22. The Balaban J connectivity index is 1.08. The number of fused-ring (bicyclic) bond motifs is 1. The average Bonchev–Trinajstić information content (AvgIpc) is 3.12. The van der Waals surface area contributed by atoms with Gasteiger partial charge in [0.1, 0.15) is 0 Å². The minimum absolute atomic E-state index is 0.0570. The molecule has 0 spiro atoms. The molecule has 0 aliphatic carbocycles. The van der Waals surface area contributed by atoms with Crippen molar-refractivity contribution in [2.24, 2.45) is 5.92 Å². The molecule has 2 N–H and O–H groups in total. The summed E-state index contributed by atoms with van der Waals surface area (Å²) in [5.74, 6) is -0.146. The Bertz CT molecular complexity index is 1030. The Morgan fingerprint density at radius 2 is 1.88 bits per heavy atom.